The van der Waals surface area contributed by atoms with Crippen LogP contribution in [0.3, 0.4) is 0 Å². The Hall–Kier alpha value is -1.35. The van der Waals surface area contributed by atoms with Gasteiger partial charge in [0.25, 0.3) is 0 Å². The van der Waals surface area contributed by atoms with E-state index in [1.807, 2.05) is 18.2 Å². The minimum absolute atomic E-state index is 0.149. The van der Waals surface area contributed by atoms with Crippen molar-refractivity contribution in [1.82, 2.24) is 5.32 Å². The van der Waals surface area contributed by atoms with Crippen LogP contribution in [0.4, 0.5) is 0 Å². The third-order valence-electron chi connectivity index (χ3n) is 4.10. The van der Waals surface area contributed by atoms with Crippen molar-refractivity contribution in [2.45, 2.75) is 44.6 Å². The number of hydrogen-bond donors (Lipinski definition) is 1. The van der Waals surface area contributed by atoms with Gasteiger partial charge in [0.05, 0.1) is 5.41 Å². The van der Waals surface area contributed by atoms with Crippen molar-refractivity contribution in [2.24, 2.45) is 0 Å². The Morgan fingerprint density at radius 3 is 2.53 bits per heavy atom. The Labute approximate surface area is 115 Å². The molecule has 0 radical (unpaired) electrons. The summed E-state index contributed by atoms with van der Waals surface area (Å²) < 4.78 is 5.45. The average molecular weight is 261 g/mol. The van der Waals surface area contributed by atoms with Crippen LogP contribution in [-0.4, -0.2) is 25.2 Å². The van der Waals surface area contributed by atoms with Gasteiger partial charge in [0, 0.05) is 19.3 Å². The largest absolute Gasteiger partial charge is 0.381 e. The van der Waals surface area contributed by atoms with E-state index in [9.17, 15) is 4.79 Å². The molecule has 19 heavy (non-hydrogen) atoms. The number of ether oxygens (including phenoxy) is 1. The number of hydrogen-bond acceptors (Lipinski definition) is 2. The summed E-state index contributed by atoms with van der Waals surface area (Å²) in [5, 5.41) is 3.14. The zero-order valence-electron chi connectivity index (χ0n) is 11.8. The maximum atomic E-state index is 12.7. The van der Waals surface area contributed by atoms with E-state index in [0.717, 1.165) is 24.8 Å². The van der Waals surface area contributed by atoms with Gasteiger partial charge in [-0.1, -0.05) is 37.3 Å². The van der Waals surface area contributed by atoms with E-state index in [2.05, 4.69) is 31.3 Å². The van der Waals surface area contributed by atoms with Gasteiger partial charge in [-0.15, -0.1) is 0 Å². The molecular weight excluding hydrogens is 238 g/mol. The van der Waals surface area contributed by atoms with Crippen molar-refractivity contribution in [2.75, 3.05) is 13.2 Å². The lowest BCUT2D eigenvalue weighted by molar-refractivity contribution is -0.131. The van der Waals surface area contributed by atoms with E-state index in [-0.39, 0.29) is 11.9 Å². The Morgan fingerprint density at radius 2 is 1.95 bits per heavy atom. The molecule has 1 aromatic rings. The Bertz CT molecular complexity index is 410. The molecule has 1 atom stereocenters. The van der Waals surface area contributed by atoms with Gasteiger partial charge < -0.3 is 10.1 Å². The van der Waals surface area contributed by atoms with Crippen LogP contribution in [0.25, 0.3) is 0 Å². The van der Waals surface area contributed by atoms with Crippen molar-refractivity contribution in [3.63, 3.8) is 0 Å². The summed E-state index contributed by atoms with van der Waals surface area (Å²) in [5.74, 6) is 0.149. The highest BCUT2D eigenvalue weighted by Crippen LogP contribution is 2.35. The van der Waals surface area contributed by atoms with Crippen molar-refractivity contribution >= 4 is 5.91 Å². The molecule has 1 fully saturated rings. The van der Waals surface area contributed by atoms with Gasteiger partial charge in [0.1, 0.15) is 0 Å². The smallest absolute Gasteiger partial charge is 0.231 e. The first-order valence-electron chi connectivity index (χ1n) is 7.13. The molecule has 0 aliphatic carbocycles. The van der Waals surface area contributed by atoms with Crippen LogP contribution in [0.2, 0.25) is 0 Å². The molecule has 1 N–H and O–H groups in total. The molecule has 3 nitrogen and oxygen atoms in total. The molecule has 104 valence electrons. The molecule has 1 aliphatic heterocycles. The normalized spacial score (nSPS) is 19.7. The van der Waals surface area contributed by atoms with Gasteiger partial charge in [-0.05, 0) is 31.7 Å². The lowest BCUT2D eigenvalue weighted by Crippen LogP contribution is -2.50. The third-order valence-corrected chi connectivity index (χ3v) is 4.10. The zero-order valence-corrected chi connectivity index (χ0v) is 11.8. The first-order chi connectivity index (χ1) is 9.19. The maximum absolute atomic E-state index is 12.7. The monoisotopic (exact) mass is 261 g/mol. The highest BCUT2D eigenvalue weighted by atomic mass is 16.5. The quantitative estimate of drug-likeness (QED) is 0.905. The van der Waals surface area contributed by atoms with Crippen LogP contribution < -0.4 is 5.32 Å². The summed E-state index contributed by atoms with van der Waals surface area (Å²) in [6.45, 7) is 5.45. The van der Waals surface area contributed by atoms with Gasteiger partial charge >= 0.3 is 0 Å². The van der Waals surface area contributed by atoms with Crippen LogP contribution in [-0.2, 0) is 14.9 Å². The van der Waals surface area contributed by atoms with E-state index in [4.69, 9.17) is 4.74 Å². The van der Waals surface area contributed by atoms with Crippen LogP contribution in [0.5, 0.6) is 0 Å². The minimum Gasteiger partial charge on any atom is -0.381 e. The highest BCUT2D eigenvalue weighted by molar-refractivity contribution is 5.88. The van der Waals surface area contributed by atoms with Gasteiger partial charge in [-0.2, -0.15) is 0 Å². The molecular formula is C16H23NO2. The summed E-state index contributed by atoms with van der Waals surface area (Å²) in [4.78, 5) is 12.7. The predicted octanol–water partition coefficient (Wildman–Crippen LogP) is 2.65. The van der Waals surface area contributed by atoms with Gasteiger partial charge in [-0.25, -0.2) is 0 Å². The highest BCUT2D eigenvalue weighted by Gasteiger charge is 2.41. The molecule has 0 unspecified atom stereocenters. The molecule has 1 aromatic carbocycles. The summed E-state index contributed by atoms with van der Waals surface area (Å²) in [7, 11) is 0. The van der Waals surface area contributed by atoms with Gasteiger partial charge in [-0.3, -0.25) is 4.79 Å². The Balaban J connectivity index is 2.27. The second-order valence-electron chi connectivity index (χ2n) is 5.34. The first kappa shape index (κ1) is 14.1. The number of nitrogens with one attached hydrogen (secondary N) is 1. The van der Waals surface area contributed by atoms with Gasteiger partial charge in [0.2, 0.25) is 5.91 Å². The van der Waals surface area contributed by atoms with Gasteiger partial charge in [0.15, 0.2) is 0 Å². The van der Waals surface area contributed by atoms with Crippen LogP contribution >= 0.6 is 0 Å². The molecule has 1 aliphatic rings. The molecule has 2 rings (SSSR count). The number of rotatable bonds is 4. The van der Waals surface area contributed by atoms with Crippen molar-refractivity contribution < 1.29 is 9.53 Å². The van der Waals surface area contributed by atoms with Crippen molar-refractivity contribution in [3.8, 4) is 0 Å². The lowest BCUT2D eigenvalue weighted by Gasteiger charge is -2.37. The fourth-order valence-corrected chi connectivity index (χ4v) is 2.59. The molecule has 0 bridgehead atoms. The molecule has 0 spiro atoms. The summed E-state index contributed by atoms with van der Waals surface area (Å²) in [6, 6.07) is 10.3. The summed E-state index contributed by atoms with van der Waals surface area (Å²) in [6.07, 6.45) is 2.48. The maximum Gasteiger partial charge on any atom is 0.231 e. The Kier molecular flexibility index (Phi) is 4.59. The average Bonchev–Trinajstić information content (AvgIpc) is 2.48. The number of carbonyl (C=O) groups is 1. The number of benzene rings is 1. The molecule has 1 amide bonds. The van der Waals surface area contributed by atoms with E-state index in [0.29, 0.717) is 13.2 Å². The fourth-order valence-electron chi connectivity index (χ4n) is 2.59. The SMILES string of the molecule is CC[C@@H](C)NC(=O)C1(c2ccccc2)CCOCC1. The van der Waals surface area contributed by atoms with Crippen molar-refractivity contribution in [3.05, 3.63) is 35.9 Å². The number of carbonyl (C=O) groups excluding carboxylic acids is 1. The minimum atomic E-state index is -0.414. The third kappa shape index (κ3) is 2.98. The summed E-state index contributed by atoms with van der Waals surface area (Å²) >= 11 is 0. The standard InChI is InChI=1S/C16H23NO2/c1-3-13(2)17-15(18)16(9-11-19-12-10-16)14-7-5-4-6-8-14/h4-8,13H,3,9-12H2,1-2H3,(H,17,18)/t13-/m1/s1. The van der Waals surface area contributed by atoms with Crippen LogP contribution in [0.15, 0.2) is 30.3 Å². The second-order valence-corrected chi connectivity index (χ2v) is 5.34. The molecule has 0 saturated carbocycles. The molecule has 1 heterocycles. The van der Waals surface area contributed by atoms with E-state index < -0.39 is 5.41 Å². The topological polar surface area (TPSA) is 38.3 Å². The molecule has 1 saturated heterocycles. The predicted molar refractivity (Wildman–Crippen MR) is 76.1 cm³/mol. The van der Waals surface area contributed by atoms with E-state index >= 15 is 0 Å². The lowest BCUT2D eigenvalue weighted by atomic mass is 9.73. The zero-order chi connectivity index (χ0) is 13.7. The molecule has 0 aromatic heterocycles. The fraction of sp³-hybridized carbons (Fsp3) is 0.562. The van der Waals surface area contributed by atoms with E-state index in [1.165, 1.54) is 0 Å². The first-order valence-corrected chi connectivity index (χ1v) is 7.13. The number of amides is 1. The van der Waals surface area contributed by atoms with E-state index in [1.54, 1.807) is 0 Å². The Morgan fingerprint density at radius 1 is 1.32 bits per heavy atom. The van der Waals surface area contributed by atoms with Crippen LogP contribution in [0.1, 0.15) is 38.7 Å². The second kappa shape index (κ2) is 6.20. The molecule has 3 heteroatoms. The van der Waals surface area contributed by atoms with Crippen molar-refractivity contribution in [1.29, 1.82) is 0 Å². The van der Waals surface area contributed by atoms with Crippen LogP contribution in [0, 0.1) is 0 Å². The summed E-state index contributed by atoms with van der Waals surface area (Å²) in [5.41, 5.74) is 0.697.